The van der Waals surface area contributed by atoms with Crippen LogP contribution in [0, 0.1) is 5.82 Å². The molecule has 0 aromatic heterocycles. The smallest absolute Gasteiger partial charge is 0.243 e. The highest BCUT2D eigenvalue weighted by Gasteiger charge is 2.32. The fourth-order valence-corrected chi connectivity index (χ4v) is 3.82. The van der Waals surface area contributed by atoms with Gasteiger partial charge in [0.1, 0.15) is 11.9 Å². The minimum absolute atomic E-state index is 0.0197. The van der Waals surface area contributed by atoms with Crippen LogP contribution in [0.25, 0.3) is 0 Å². The van der Waals surface area contributed by atoms with Crippen molar-refractivity contribution >= 4 is 23.4 Å². The zero-order chi connectivity index (χ0) is 24.7. The Morgan fingerprint density at radius 3 is 2.15 bits per heavy atom. The number of amides is 2. The van der Waals surface area contributed by atoms with Crippen LogP contribution in [0.3, 0.4) is 0 Å². The van der Waals surface area contributed by atoms with Gasteiger partial charge in [0.05, 0.1) is 6.42 Å². The molecule has 0 spiro atoms. The van der Waals surface area contributed by atoms with Gasteiger partial charge in [0.25, 0.3) is 0 Å². The van der Waals surface area contributed by atoms with Gasteiger partial charge >= 0.3 is 0 Å². The van der Waals surface area contributed by atoms with E-state index in [0.29, 0.717) is 17.0 Å². The summed E-state index contributed by atoms with van der Waals surface area (Å²) >= 11 is 5.99. The van der Waals surface area contributed by atoms with E-state index in [1.165, 1.54) is 11.0 Å². The van der Waals surface area contributed by atoms with Crippen molar-refractivity contribution in [3.8, 4) is 0 Å². The second-order valence-corrected chi connectivity index (χ2v) is 9.80. The Morgan fingerprint density at radius 2 is 1.53 bits per heavy atom. The number of carbonyl (C=O) groups is 2. The lowest BCUT2D eigenvalue weighted by Gasteiger charge is -2.34. The topological polar surface area (TPSA) is 49.4 Å². The van der Waals surface area contributed by atoms with Crippen molar-refractivity contribution in [1.82, 2.24) is 10.2 Å². The van der Waals surface area contributed by atoms with E-state index in [-0.39, 0.29) is 24.8 Å². The Hall–Kier alpha value is -3.18. The molecule has 1 atom stereocenters. The van der Waals surface area contributed by atoms with Gasteiger partial charge in [0.2, 0.25) is 11.8 Å². The predicted molar refractivity (Wildman–Crippen MR) is 134 cm³/mol. The molecular weight excluding hydrogens is 451 g/mol. The summed E-state index contributed by atoms with van der Waals surface area (Å²) in [5.41, 5.74) is 1.54. The summed E-state index contributed by atoms with van der Waals surface area (Å²) in [4.78, 5) is 28.6. The maximum absolute atomic E-state index is 14.6. The van der Waals surface area contributed by atoms with Gasteiger partial charge in [-0.3, -0.25) is 9.59 Å². The summed E-state index contributed by atoms with van der Waals surface area (Å²) < 4.78 is 14.6. The SMILES string of the molecule is CC(C)(C)NC(=O)[C@H](Cc1ccccc1)N(Cc1ccccc1F)C(=O)Cc1ccc(Cl)cc1. The number of rotatable bonds is 8. The molecule has 178 valence electrons. The summed E-state index contributed by atoms with van der Waals surface area (Å²) in [5.74, 6) is -0.964. The third kappa shape index (κ3) is 7.42. The first kappa shape index (κ1) is 25.4. The quantitative estimate of drug-likeness (QED) is 0.457. The zero-order valence-corrected chi connectivity index (χ0v) is 20.5. The summed E-state index contributed by atoms with van der Waals surface area (Å²) in [5, 5.41) is 3.58. The molecule has 0 saturated carbocycles. The van der Waals surface area contributed by atoms with Crippen LogP contribution in [-0.4, -0.2) is 28.3 Å². The molecule has 1 N–H and O–H groups in total. The molecule has 0 aliphatic rings. The molecule has 0 aliphatic heterocycles. The Bertz CT molecular complexity index is 1110. The average molecular weight is 481 g/mol. The monoisotopic (exact) mass is 480 g/mol. The lowest BCUT2D eigenvalue weighted by atomic mass is 9.99. The van der Waals surface area contributed by atoms with Crippen LogP contribution in [0.4, 0.5) is 4.39 Å². The number of hydrogen-bond acceptors (Lipinski definition) is 2. The van der Waals surface area contributed by atoms with E-state index in [4.69, 9.17) is 11.6 Å². The van der Waals surface area contributed by atoms with Crippen LogP contribution >= 0.6 is 11.6 Å². The molecular formula is C28H30ClFN2O2. The number of carbonyl (C=O) groups excluding carboxylic acids is 2. The first-order chi connectivity index (χ1) is 16.1. The second kappa shape index (κ2) is 11.3. The van der Waals surface area contributed by atoms with Crippen LogP contribution in [0.15, 0.2) is 78.9 Å². The van der Waals surface area contributed by atoms with Crippen molar-refractivity contribution in [1.29, 1.82) is 0 Å². The first-order valence-corrected chi connectivity index (χ1v) is 11.6. The van der Waals surface area contributed by atoms with Crippen LogP contribution in [0.1, 0.15) is 37.5 Å². The van der Waals surface area contributed by atoms with Gasteiger partial charge in [-0.15, -0.1) is 0 Å². The fourth-order valence-electron chi connectivity index (χ4n) is 3.70. The van der Waals surface area contributed by atoms with Crippen molar-refractivity contribution in [2.24, 2.45) is 0 Å². The molecule has 0 aliphatic carbocycles. The van der Waals surface area contributed by atoms with Crippen molar-refractivity contribution in [2.45, 2.75) is 51.7 Å². The zero-order valence-electron chi connectivity index (χ0n) is 19.7. The average Bonchev–Trinajstić information content (AvgIpc) is 2.78. The molecule has 2 amide bonds. The van der Waals surface area contributed by atoms with E-state index in [1.54, 1.807) is 42.5 Å². The van der Waals surface area contributed by atoms with E-state index < -0.39 is 17.4 Å². The Kier molecular flexibility index (Phi) is 8.46. The Morgan fingerprint density at radius 1 is 0.912 bits per heavy atom. The molecule has 3 rings (SSSR count). The van der Waals surface area contributed by atoms with Gasteiger partial charge in [-0.25, -0.2) is 4.39 Å². The first-order valence-electron chi connectivity index (χ1n) is 11.3. The highest BCUT2D eigenvalue weighted by atomic mass is 35.5. The van der Waals surface area contributed by atoms with Gasteiger partial charge in [-0.1, -0.05) is 72.3 Å². The summed E-state index contributed by atoms with van der Waals surface area (Å²) in [6, 6.07) is 22.0. The number of hydrogen-bond donors (Lipinski definition) is 1. The number of halogens is 2. The highest BCUT2D eigenvalue weighted by molar-refractivity contribution is 6.30. The lowest BCUT2D eigenvalue weighted by Crippen LogP contribution is -2.54. The molecule has 0 heterocycles. The van der Waals surface area contributed by atoms with Gasteiger partial charge in [0.15, 0.2) is 0 Å². The van der Waals surface area contributed by atoms with Crippen LogP contribution in [0.5, 0.6) is 0 Å². The van der Waals surface area contributed by atoms with E-state index in [9.17, 15) is 14.0 Å². The maximum atomic E-state index is 14.6. The molecule has 0 bridgehead atoms. The standard InChI is InChI=1S/C28H30ClFN2O2/c1-28(2,3)31-27(34)25(17-20-9-5-4-6-10-20)32(19-22-11-7-8-12-24(22)30)26(33)18-21-13-15-23(29)16-14-21/h4-16,25H,17-19H2,1-3H3,(H,31,34)/t25-/m0/s1. The number of nitrogens with one attached hydrogen (secondary N) is 1. The Balaban J connectivity index is 1.99. The van der Waals surface area contributed by atoms with Crippen molar-refractivity contribution in [3.05, 3.63) is 106 Å². The minimum Gasteiger partial charge on any atom is -0.350 e. The minimum atomic E-state index is -0.818. The van der Waals surface area contributed by atoms with E-state index in [1.807, 2.05) is 51.1 Å². The second-order valence-electron chi connectivity index (χ2n) is 9.36. The summed E-state index contributed by atoms with van der Waals surface area (Å²) in [7, 11) is 0. The molecule has 0 saturated heterocycles. The molecule has 6 heteroatoms. The lowest BCUT2D eigenvalue weighted by molar-refractivity contribution is -0.141. The highest BCUT2D eigenvalue weighted by Crippen LogP contribution is 2.19. The van der Waals surface area contributed by atoms with Crippen molar-refractivity contribution in [2.75, 3.05) is 0 Å². The van der Waals surface area contributed by atoms with Crippen molar-refractivity contribution < 1.29 is 14.0 Å². The maximum Gasteiger partial charge on any atom is 0.243 e. The molecule has 0 fully saturated rings. The van der Waals surface area contributed by atoms with Gasteiger partial charge in [-0.05, 0) is 50.1 Å². The Labute approximate surface area is 205 Å². The van der Waals surface area contributed by atoms with Crippen LogP contribution in [-0.2, 0) is 29.0 Å². The van der Waals surface area contributed by atoms with E-state index in [0.717, 1.165) is 11.1 Å². The van der Waals surface area contributed by atoms with Crippen LogP contribution < -0.4 is 5.32 Å². The fraction of sp³-hybridized carbons (Fsp3) is 0.286. The van der Waals surface area contributed by atoms with Crippen molar-refractivity contribution in [3.63, 3.8) is 0 Å². The molecule has 0 radical (unpaired) electrons. The van der Waals surface area contributed by atoms with Crippen LogP contribution in [0.2, 0.25) is 5.02 Å². The molecule has 0 unspecified atom stereocenters. The normalized spacial score (nSPS) is 12.1. The van der Waals surface area contributed by atoms with E-state index in [2.05, 4.69) is 5.32 Å². The molecule has 3 aromatic carbocycles. The number of nitrogens with zero attached hydrogens (tertiary/aromatic N) is 1. The largest absolute Gasteiger partial charge is 0.350 e. The van der Waals surface area contributed by atoms with E-state index >= 15 is 0 Å². The molecule has 34 heavy (non-hydrogen) atoms. The predicted octanol–water partition coefficient (Wildman–Crippen LogP) is 5.58. The molecule has 4 nitrogen and oxygen atoms in total. The van der Waals surface area contributed by atoms with Gasteiger partial charge < -0.3 is 10.2 Å². The van der Waals surface area contributed by atoms with Gasteiger partial charge in [0, 0.05) is 29.1 Å². The summed E-state index contributed by atoms with van der Waals surface area (Å²) in [6.45, 7) is 5.65. The third-order valence-electron chi connectivity index (χ3n) is 5.34. The third-order valence-corrected chi connectivity index (χ3v) is 5.59. The van der Waals surface area contributed by atoms with Gasteiger partial charge in [-0.2, -0.15) is 0 Å². The summed E-state index contributed by atoms with van der Waals surface area (Å²) in [6.07, 6.45) is 0.378. The number of benzene rings is 3. The molecule has 3 aromatic rings.